The fourth-order valence-corrected chi connectivity index (χ4v) is 3.18. The molecule has 1 aromatic carbocycles. The van der Waals surface area contributed by atoms with E-state index in [-0.39, 0.29) is 0 Å². The average molecular weight is 203 g/mol. The highest BCUT2D eigenvalue weighted by molar-refractivity contribution is 7.70. The molecule has 0 aliphatic heterocycles. The normalized spacial score (nSPS) is 10.7. The molecule has 1 nitrogen and oxygen atoms in total. The molecule has 0 atom stereocenters. The summed E-state index contributed by atoms with van der Waals surface area (Å²) in [5, 5.41) is 0.828. The van der Waals surface area contributed by atoms with Crippen LogP contribution >= 0.6 is 32.5 Å². The maximum atomic E-state index is 5.93. The minimum atomic E-state index is 0.828. The van der Waals surface area contributed by atoms with Crippen LogP contribution in [0.3, 0.4) is 0 Å². The lowest BCUT2D eigenvalue weighted by Crippen LogP contribution is -1.74. The number of fused-ring (bicyclic) bond motifs is 1. The van der Waals surface area contributed by atoms with E-state index in [0.29, 0.717) is 0 Å². The Morgan fingerprint density at radius 1 is 1.55 bits per heavy atom. The van der Waals surface area contributed by atoms with Crippen LogP contribution in [0.25, 0.3) is 10.2 Å². The van der Waals surface area contributed by atoms with Gasteiger partial charge in [0, 0.05) is 10.6 Å². The molecule has 0 saturated carbocycles. The van der Waals surface area contributed by atoms with Crippen molar-refractivity contribution in [3.63, 3.8) is 0 Å². The number of halogens is 1. The Labute approximate surface area is 76.8 Å². The molecule has 0 radical (unpaired) electrons. The molecule has 1 aromatic heterocycles. The van der Waals surface area contributed by atoms with Crippen molar-refractivity contribution in [3.8, 4) is 0 Å². The first-order valence-corrected chi connectivity index (χ1v) is 5.61. The van der Waals surface area contributed by atoms with E-state index in [0.717, 1.165) is 16.1 Å². The van der Waals surface area contributed by atoms with Gasteiger partial charge in [0.15, 0.2) is 0 Å². The Kier molecular flexibility index (Phi) is 1.79. The maximum absolute atomic E-state index is 5.93. The van der Waals surface area contributed by atoms with Gasteiger partial charge in [0.1, 0.15) is 5.52 Å². The van der Waals surface area contributed by atoms with Crippen LogP contribution in [-0.4, -0.2) is 4.37 Å². The molecule has 11 heavy (non-hydrogen) atoms. The molecule has 0 bridgehead atoms. The van der Waals surface area contributed by atoms with E-state index >= 15 is 0 Å². The van der Waals surface area contributed by atoms with Gasteiger partial charge in [-0.25, -0.2) is 0 Å². The van der Waals surface area contributed by atoms with Crippen molar-refractivity contribution in [1.82, 2.24) is 4.37 Å². The number of rotatable bonds is 0. The van der Waals surface area contributed by atoms with Gasteiger partial charge >= 0.3 is 10.3 Å². The highest BCUT2D eigenvalue weighted by Gasteiger charge is 2.14. The van der Waals surface area contributed by atoms with Crippen LogP contribution in [0.15, 0.2) is 12.1 Å². The summed E-state index contributed by atoms with van der Waals surface area (Å²) >= 11 is 5.93. The molecule has 0 aliphatic rings. The minimum Gasteiger partial charge on any atom is -0.135 e. The Morgan fingerprint density at radius 3 is 3.18 bits per heavy atom. The Hall–Kier alpha value is -0.250. The molecule has 2 aromatic rings. The lowest BCUT2D eigenvalue weighted by molar-refractivity contribution is 1.53. The predicted molar refractivity (Wildman–Crippen MR) is 51.7 cm³/mol. The lowest BCUT2D eigenvalue weighted by atomic mass is 10.2. The van der Waals surface area contributed by atoms with Crippen LogP contribution in [-0.2, 0) is 0 Å². The largest absolute Gasteiger partial charge is 0.323 e. The van der Waals surface area contributed by atoms with Gasteiger partial charge in [-0.3, -0.25) is 0 Å². The third kappa shape index (κ3) is 1.13. The van der Waals surface area contributed by atoms with E-state index in [1.165, 1.54) is 15.2 Å². The van der Waals surface area contributed by atoms with E-state index in [1.807, 2.05) is 19.1 Å². The summed E-state index contributed by atoms with van der Waals surface area (Å²) in [6, 6.07) is 3.85. The standard InChI is InChI=1S/C7H5ClNS2/c1-4-5(8)2-3-6-7(4)10-11-9-6/h2-3H,1H3/q+1. The zero-order valence-electron chi connectivity index (χ0n) is 5.80. The number of aromatic nitrogens is 1. The highest BCUT2D eigenvalue weighted by Crippen LogP contribution is 2.29. The quantitative estimate of drug-likeness (QED) is 0.470. The smallest absolute Gasteiger partial charge is 0.135 e. The van der Waals surface area contributed by atoms with Crippen molar-refractivity contribution in [2.24, 2.45) is 0 Å². The summed E-state index contributed by atoms with van der Waals surface area (Å²) in [4.78, 5) is 0. The highest BCUT2D eigenvalue weighted by atomic mass is 35.5. The van der Waals surface area contributed by atoms with Crippen molar-refractivity contribution in [1.29, 1.82) is 0 Å². The Morgan fingerprint density at radius 2 is 2.36 bits per heavy atom. The first-order chi connectivity index (χ1) is 5.29. The van der Waals surface area contributed by atoms with Crippen LogP contribution in [0.1, 0.15) is 5.56 Å². The van der Waals surface area contributed by atoms with Gasteiger partial charge in [0.05, 0.1) is 0 Å². The van der Waals surface area contributed by atoms with Gasteiger partial charge in [-0.15, -0.1) is 4.37 Å². The van der Waals surface area contributed by atoms with Gasteiger partial charge in [0.2, 0.25) is 0 Å². The number of aryl methyl sites for hydroxylation is 1. The summed E-state index contributed by atoms with van der Waals surface area (Å²) in [5.74, 6) is 0. The summed E-state index contributed by atoms with van der Waals surface area (Å²) in [6.45, 7) is 2.02. The first-order valence-electron chi connectivity index (χ1n) is 3.13. The Balaban J connectivity index is 2.93. The van der Waals surface area contributed by atoms with Crippen molar-refractivity contribution < 1.29 is 0 Å². The second kappa shape index (κ2) is 2.66. The van der Waals surface area contributed by atoms with Crippen molar-refractivity contribution in [3.05, 3.63) is 22.7 Å². The molecular weight excluding hydrogens is 198 g/mol. The van der Waals surface area contributed by atoms with Crippen LogP contribution < -0.4 is 0 Å². The van der Waals surface area contributed by atoms with E-state index in [9.17, 15) is 0 Å². The van der Waals surface area contributed by atoms with Gasteiger partial charge < -0.3 is 0 Å². The monoisotopic (exact) mass is 202 g/mol. The summed E-state index contributed by atoms with van der Waals surface area (Å²) in [6.07, 6.45) is 0. The van der Waals surface area contributed by atoms with Crippen LogP contribution in [0.2, 0.25) is 5.02 Å². The molecule has 0 unspecified atom stereocenters. The number of hydrogen-bond donors (Lipinski definition) is 0. The summed E-state index contributed by atoms with van der Waals surface area (Å²) in [7, 11) is 3.18. The van der Waals surface area contributed by atoms with Gasteiger partial charge in [0.25, 0.3) is 15.2 Å². The van der Waals surface area contributed by atoms with E-state index < -0.39 is 0 Å². The van der Waals surface area contributed by atoms with Crippen LogP contribution in [0.4, 0.5) is 0 Å². The molecule has 0 aliphatic carbocycles. The third-order valence-corrected chi connectivity index (χ3v) is 3.96. The molecular formula is C7H5ClNS2+. The van der Waals surface area contributed by atoms with Crippen molar-refractivity contribution in [2.45, 2.75) is 6.92 Å². The zero-order chi connectivity index (χ0) is 7.84. The fraction of sp³-hybridized carbons (Fsp3) is 0.143. The summed E-state index contributed by atoms with van der Waals surface area (Å²) in [5.41, 5.74) is 2.20. The lowest BCUT2D eigenvalue weighted by Gasteiger charge is -1.89. The number of nitrogens with zero attached hydrogens (tertiary/aromatic N) is 1. The van der Waals surface area contributed by atoms with Crippen molar-refractivity contribution in [2.75, 3.05) is 0 Å². The van der Waals surface area contributed by atoms with Gasteiger partial charge in [-0.2, -0.15) is 0 Å². The molecule has 0 spiro atoms. The third-order valence-electron chi connectivity index (χ3n) is 1.58. The average Bonchev–Trinajstić information content (AvgIpc) is 2.45. The topological polar surface area (TPSA) is 12.9 Å². The van der Waals surface area contributed by atoms with Gasteiger partial charge in [-0.1, -0.05) is 11.6 Å². The van der Waals surface area contributed by atoms with Crippen LogP contribution in [0.5, 0.6) is 0 Å². The Bertz CT molecular complexity index is 396. The molecule has 0 saturated heterocycles. The van der Waals surface area contributed by atoms with E-state index in [4.69, 9.17) is 11.6 Å². The van der Waals surface area contributed by atoms with E-state index in [2.05, 4.69) is 4.37 Å². The maximum Gasteiger partial charge on any atom is 0.323 e. The minimum absolute atomic E-state index is 0.828. The molecule has 0 fully saturated rings. The summed E-state index contributed by atoms with van der Waals surface area (Å²) < 4.78 is 5.43. The number of hydrogen-bond acceptors (Lipinski definition) is 2. The molecule has 1 heterocycles. The molecule has 4 heteroatoms. The predicted octanol–water partition coefficient (Wildman–Crippen LogP) is 3.60. The molecule has 0 amide bonds. The van der Waals surface area contributed by atoms with Crippen LogP contribution in [0, 0.1) is 6.92 Å². The second-order valence-electron chi connectivity index (χ2n) is 2.27. The zero-order valence-corrected chi connectivity index (χ0v) is 8.19. The number of benzene rings is 1. The molecule has 2 rings (SSSR count). The SMILES string of the molecule is Cc1c(Cl)ccc2ns[s+]c12. The molecule has 56 valence electrons. The van der Waals surface area contributed by atoms with Crippen molar-refractivity contribution >= 4 is 42.7 Å². The van der Waals surface area contributed by atoms with Gasteiger partial charge in [-0.05, 0) is 19.1 Å². The fourth-order valence-electron chi connectivity index (χ4n) is 0.926. The van der Waals surface area contributed by atoms with E-state index in [1.54, 1.807) is 10.3 Å². The molecule has 0 N–H and O–H groups in total. The second-order valence-corrected chi connectivity index (χ2v) is 4.53. The first kappa shape index (κ1) is 7.40.